The smallest absolute Gasteiger partial charge is 0.0646 e. The third-order valence-corrected chi connectivity index (χ3v) is 26.7. The summed E-state index contributed by atoms with van der Waals surface area (Å²) >= 11 is 0. The van der Waals surface area contributed by atoms with Crippen molar-refractivity contribution < 1.29 is 0 Å². The van der Waals surface area contributed by atoms with E-state index in [0.717, 1.165) is 0 Å². The lowest BCUT2D eigenvalue weighted by Crippen LogP contribution is -2.55. The Morgan fingerprint density at radius 3 is 1.10 bits per heavy atom. The summed E-state index contributed by atoms with van der Waals surface area (Å²) in [7, 11) is -1.53. The van der Waals surface area contributed by atoms with Gasteiger partial charge in [-0.1, -0.05) is 102 Å². The van der Waals surface area contributed by atoms with Crippen molar-refractivity contribution in [2.45, 2.75) is 62.3 Å². The largest absolute Gasteiger partial charge is 0.0878 e. The van der Waals surface area contributed by atoms with E-state index in [0.29, 0.717) is 0 Å². The van der Waals surface area contributed by atoms with E-state index in [1.807, 2.05) is 0 Å². The molecule has 0 aliphatic heterocycles. The summed E-state index contributed by atoms with van der Waals surface area (Å²) < 4.78 is 0. The molecule has 0 spiro atoms. The minimum atomic E-state index is -1.17. The van der Waals surface area contributed by atoms with Crippen molar-refractivity contribution in [2.24, 2.45) is 0 Å². The zero-order valence-electron chi connectivity index (χ0n) is 20.5. The fourth-order valence-electron chi connectivity index (χ4n) is 5.81. The van der Waals surface area contributed by atoms with Gasteiger partial charge in [0.25, 0.3) is 0 Å². The summed E-state index contributed by atoms with van der Waals surface area (Å²) in [5, 5.41) is 5.28. The van der Waals surface area contributed by atoms with Crippen LogP contribution < -0.4 is 15.6 Å². The summed E-state index contributed by atoms with van der Waals surface area (Å²) in [6.45, 7) is 20.9. The summed E-state index contributed by atoms with van der Waals surface area (Å²) in [5.74, 6) is 0. The van der Waals surface area contributed by atoms with Crippen molar-refractivity contribution in [1.82, 2.24) is 0 Å². The second-order valence-electron chi connectivity index (χ2n) is 9.59. The molecule has 0 aliphatic carbocycles. The highest BCUT2D eigenvalue weighted by atomic mass is 29.5. The van der Waals surface area contributed by atoms with Gasteiger partial charge >= 0.3 is 0 Å². The van der Waals surface area contributed by atoms with Gasteiger partial charge < -0.3 is 0 Å². The maximum absolute atomic E-state index is 2.43. The van der Waals surface area contributed by atoms with E-state index in [4.69, 9.17) is 0 Å². The average molecular weight is 447 g/mol. The van der Waals surface area contributed by atoms with E-state index in [1.165, 1.54) is 16.7 Å². The topological polar surface area (TPSA) is 0 Å². The number of rotatable bonds is 5. The number of hydrogen-bond donors (Lipinski definition) is 0. The molecule has 0 N–H and O–H groups in total. The number of hydrogen-bond acceptors (Lipinski definition) is 0. The lowest BCUT2D eigenvalue weighted by Gasteiger charge is -2.26. The Kier molecular flexibility index (Phi) is 7.05. The van der Waals surface area contributed by atoms with E-state index < -0.39 is 8.31 Å². The van der Waals surface area contributed by atoms with Crippen LogP contribution in [0, 0.1) is 62.3 Å². The summed E-state index contributed by atoms with van der Waals surface area (Å²) in [6, 6.07) is 14.5. The fourth-order valence-corrected chi connectivity index (χ4v) is 30.9. The first-order chi connectivity index (χ1) is 14.1. The van der Waals surface area contributed by atoms with E-state index in [1.54, 1.807) is 48.9 Å². The monoisotopic (exact) mass is 446 g/mol. The van der Waals surface area contributed by atoms with Crippen LogP contribution in [0.25, 0.3) is 0 Å². The van der Waals surface area contributed by atoms with Gasteiger partial charge in [-0.3, -0.25) is 0 Å². The third-order valence-electron chi connectivity index (χ3n) is 6.70. The molecule has 0 radical (unpaired) electrons. The van der Waals surface area contributed by atoms with E-state index in [9.17, 15) is 0 Å². The van der Waals surface area contributed by atoms with Crippen molar-refractivity contribution in [2.75, 3.05) is 0 Å². The van der Waals surface area contributed by atoms with Gasteiger partial charge in [-0.25, -0.2) is 0 Å². The van der Waals surface area contributed by atoms with Crippen molar-refractivity contribution in [3.63, 3.8) is 0 Å². The highest BCUT2D eigenvalue weighted by Crippen LogP contribution is 2.12. The first kappa shape index (κ1) is 23.0. The molecular formula is C27H38Si3. The zero-order valence-corrected chi connectivity index (χ0v) is 24.4. The van der Waals surface area contributed by atoms with Gasteiger partial charge in [-0.15, -0.1) is 0 Å². The third kappa shape index (κ3) is 4.79. The Hall–Kier alpha value is -1.69. The highest BCUT2D eigenvalue weighted by molar-refractivity contribution is 7.45. The Morgan fingerprint density at radius 1 is 0.467 bits per heavy atom. The molecule has 0 nitrogen and oxygen atoms in total. The molecule has 3 rings (SSSR count). The molecule has 0 saturated carbocycles. The molecular weight excluding hydrogens is 409 g/mol. The maximum Gasteiger partial charge on any atom is 0.0878 e. The Morgan fingerprint density at radius 2 is 0.767 bits per heavy atom. The normalized spacial score (nSPS) is 12.2. The van der Waals surface area contributed by atoms with Crippen LogP contribution in [-0.4, -0.2) is 25.9 Å². The molecule has 0 fully saturated rings. The molecule has 30 heavy (non-hydrogen) atoms. The van der Waals surface area contributed by atoms with E-state index in [-0.39, 0.29) is 17.6 Å². The molecule has 0 atom stereocenters. The van der Waals surface area contributed by atoms with Crippen LogP contribution in [0.5, 0.6) is 0 Å². The second-order valence-corrected chi connectivity index (χ2v) is 24.5. The highest BCUT2D eigenvalue weighted by Gasteiger charge is 2.25. The van der Waals surface area contributed by atoms with Crippen LogP contribution in [0.3, 0.4) is 0 Å². The number of benzene rings is 3. The molecule has 3 aromatic carbocycles. The van der Waals surface area contributed by atoms with Crippen molar-refractivity contribution in [1.29, 1.82) is 0 Å². The molecule has 0 aromatic heterocycles. The first-order valence-corrected chi connectivity index (χ1v) is 20.4. The van der Waals surface area contributed by atoms with Crippen molar-refractivity contribution in [3.05, 3.63) is 86.5 Å². The van der Waals surface area contributed by atoms with Crippen LogP contribution >= 0.6 is 0 Å². The Bertz CT molecular complexity index is 969. The van der Waals surface area contributed by atoms with E-state index >= 15 is 0 Å². The van der Waals surface area contributed by atoms with Gasteiger partial charge in [0.05, 0.1) is 8.31 Å². The van der Waals surface area contributed by atoms with Crippen LogP contribution in [0.4, 0.5) is 0 Å². The molecule has 0 amide bonds. The molecule has 0 heterocycles. The van der Waals surface area contributed by atoms with Gasteiger partial charge in [0.15, 0.2) is 0 Å². The molecule has 0 saturated heterocycles. The fraction of sp³-hybridized carbons (Fsp3) is 0.333. The Labute approximate surface area is 190 Å². The average Bonchev–Trinajstić information content (AvgIpc) is 2.58. The van der Waals surface area contributed by atoms with Gasteiger partial charge in [-0.2, -0.15) is 0 Å². The van der Waals surface area contributed by atoms with Crippen LogP contribution in [0.15, 0.2) is 36.4 Å². The molecule has 3 aromatic rings. The molecule has 158 valence electrons. The van der Waals surface area contributed by atoms with Crippen molar-refractivity contribution in [3.8, 4) is 0 Å². The van der Waals surface area contributed by atoms with E-state index in [2.05, 4.69) is 98.7 Å². The summed E-state index contributed by atoms with van der Waals surface area (Å²) in [6.07, 6.45) is 0. The first-order valence-electron chi connectivity index (χ1n) is 11.3. The minimum absolute atomic E-state index is 0.157. The summed E-state index contributed by atoms with van der Waals surface area (Å²) in [5.41, 5.74) is 13.5. The van der Waals surface area contributed by atoms with Gasteiger partial charge in [0, 0.05) is 17.6 Å². The number of aryl methyl sites for hydroxylation is 9. The van der Waals surface area contributed by atoms with Gasteiger partial charge in [-0.05, 0) is 62.3 Å². The molecule has 3 heteroatoms. The summed E-state index contributed by atoms with van der Waals surface area (Å²) in [4.78, 5) is 0. The van der Waals surface area contributed by atoms with Crippen LogP contribution in [-0.2, 0) is 0 Å². The molecule has 0 aliphatic rings. The quantitative estimate of drug-likeness (QED) is 0.529. The predicted octanol–water partition coefficient (Wildman–Crippen LogP) is 2.88. The zero-order chi connectivity index (χ0) is 22.2. The minimum Gasteiger partial charge on any atom is -0.0646 e. The second kappa shape index (κ2) is 9.21. The van der Waals surface area contributed by atoms with Crippen LogP contribution in [0.2, 0.25) is 0 Å². The Balaban J connectivity index is 2.13. The molecule has 0 unspecified atom stereocenters. The standard InChI is InChI=1S/C27H38Si3/c1-16-10-19(4)25(20(5)11-16)28-29-30(26-21(6)12-17(2)13-22(26)7)27-23(8)14-18(3)15-24(27)9/h10-15,30H,28-29H2,1-9H3. The lowest BCUT2D eigenvalue weighted by atomic mass is 10.1. The predicted molar refractivity (Wildman–Crippen MR) is 145 cm³/mol. The lowest BCUT2D eigenvalue weighted by molar-refractivity contribution is 1.34. The van der Waals surface area contributed by atoms with Crippen molar-refractivity contribution >= 4 is 41.5 Å². The van der Waals surface area contributed by atoms with Gasteiger partial charge in [0.2, 0.25) is 0 Å². The SMILES string of the molecule is Cc1cc(C)c([SiH2][SiH2][SiH](c2c(C)cc(C)cc2C)c2c(C)cc(C)cc2C)c(C)c1. The van der Waals surface area contributed by atoms with Crippen LogP contribution in [0.1, 0.15) is 50.1 Å². The maximum atomic E-state index is 2.43. The van der Waals surface area contributed by atoms with Gasteiger partial charge in [0.1, 0.15) is 0 Å². The molecule has 0 bridgehead atoms.